The summed E-state index contributed by atoms with van der Waals surface area (Å²) in [6.07, 6.45) is 4.31. The minimum atomic E-state index is -0.903. The van der Waals surface area contributed by atoms with Gasteiger partial charge >= 0.3 is 5.97 Å². The van der Waals surface area contributed by atoms with Crippen LogP contribution in [0.15, 0.2) is 0 Å². The van der Waals surface area contributed by atoms with E-state index in [2.05, 4.69) is 0 Å². The molecule has 2 aliphatic heterocycles. The molecule has 0 spiro atoms. The van der Waals surface area contributed by atoms with E-state index in [0.29, 0.717) is 45.8 Å². The Morgan fingerprint density at radius 2 is 1.88 bits per heavy atom. The molecule has 2 heterocycles. The third-order valence-corrected chi connectivity index (χ3v) is 6.12. The van der Waals surface area contributed by atoms with E-state index in [1.54, 1.807) is 7.11 Å². The average molecular weight is 340 g/mol. The molecule has 0 bridgehead atoms. The van der Waals surface area contributed by atoms with E-state index in [9.17, 15) is 14.7 Å². The normalized spacial score (nSPS) is 30.1. The number of piperazine rings is 1. The number of amides is 1. The predicted molar refractivity (Wildman–Crippen MR) is 86.7 cm³/mol. The van der Waals surface area contributed by atoms with Crippen LogP contribution < -0.4 is 0 Å². The summed E-state index contributed by atoms with van der Waals surface area (Å²) in [4.78, 5) is 28.6. The first kappa shape index (κ1) is 17.6. The number of aliphatic carboxylic acids is 1. The molecule has 7 heteroatoms. The summed E-state index contributed by atoms with van der Waals surface area (Å²) in [5.74, 6) is -0.576. The Morgan fingerprint density at radius 1 is 1.17 bits per heavy atom. The minimum Gasteiger partial charge on any atom is -0.480 e. The molecule has 0 aromatic carbocycles. The number of carboxylic acids is 1. The zero-order valence-corrected chi connectivity index (χ0v) is 14.5. The lowest BCUT2D eigenvalue weighted by molar-refractivity contribution is -0.157. The van der Waals surface area contributed by atoms with Gasteiger partial charge in [0, 0.05) is 52.9 Å². The molecule has 1 N–H and O–H groups in total. The van der Waals surface area contributed by atoms with Crippen molar-refractivity contribution in [1.82, 2.24) is 9.80 Å². The van der Waals surface area contributed by atoms with Crippen LogP contribution in [0.5, 0.6) is 0 Å². The molecule has 24 heavy (non-hydrogen) atoms. The van der Waals surface area contributed by atoms with Crippen molar-refractivity contribution in [3.63, 3.8) is 0 Å². The molecule has 1 aliphatic carbocycles. The molecular formula is C17H28N2O5. The number of carboxylic acid groups (broad SMARTS) is 1. The van der Waals surface area contributed by atoms with E-state index in [4.69, 9.17) is 9.47 Å². The summed E-state index contributed by atoms with van der Waals surface area (Å²) in [5, 5.41) is 9.65. The molecule has 3 aliphatic rings. The Bertz CT molecular complexity index is 477. The molecule has 2 saturated heterocycles. The number of hydrogen-bond donors (Lipinski definition) is 1. The molecular weight excluding hydrogens is 312 g/mol. The molecule has 3 rings (SSSR count). The molecule has 3 fully saturated rings. The zero-order valence-electron chi connectivity index (χ0n) is 14.5. The highest BCUT2D eigenvalue weighted by molar-refractivity contribution is 5.84. The van der Waals surface area contributed by atoms with Crippen LogP contribution in [0, 0.1) is 5.41 Å². The van der Waals surface area contributed by atoms with E-state index in [0.717, 1.165) is 25.7 Å². The molecule has 1 saturated carbocycles. The Labute approximate surface area is 142 Å². The second kappa shape index (κ2) is 6.98. The fraction of sp³-hybridized carbons (Fsp3) is 0.882. The van der Waals surface area contributed by atoms with Gasteiger partial charge in [0.2, 0.25) is 5.91 Å². The molecule has 1 atom stereocenters. The van der Waals surface area contributed by atoms with Crippen molar-refractivity contribution in [2.45, 2.75) is 37.6 Å². The maximum atomic E-state index is 13.0. The standard InChI is InChI=1S/C17H28N2O5/c1-23-11-5-16(3-2-4-16)14(20)18-7-9-19(10-8-18)17(15(21)22)6-12-24-13-17/h2-13H2,1H3,(H,21,22). The molecule has 7 nitrogen and oxygen atoms in total. The van der Waals surface area contributed by atoms with Gasteiger partial charge in [0.1, 0.15) is 5.54 Å². The fourth-order valence-electron chi connectivity index (χ4n) is 4.25. The van der Waals surface area contributed by atoms with Crippen molar-refractivity contribution in [3.8, 4) is 0 Å². The Hall–Kier alpha value is -1.18. The van der Waals surface area contributed by atoms with Gasteiger partial charge in [0.25, 0.3) is 0 Å². The van der Waals surface area contributed by atoms with Crippen molar-refractivity contribution in [2.75, 3.05) is 53.1 Å². The lowest BCUT2D eigenvalue weighted by Gasteiger charge is -2.47. The number of nitrogens with zero attached hydrogens (tertiary/aromatic N) is 2. The van der Waals surface area contributed by atoms with Crippen LogP contribution in [-0.4, -0.2) is 85.4 Å². The van der Waals surface area contributed by atoms with Crippen LogP contribution in [0.25, 0.3) is 0 Å². The first-order valence-electron chi connectivity index (χ1n) is 8.89. The van der Waals surface area contributed by atoms with Gasteiger partial charge in [-0.15, -0.1) is 0 Å². The van der Waals surface area contributed by atoms with E-state index >= 15 is 0 Å². The van der Waals surface area contributed by atoms with Crippen LogP contribution in [0.3, 0.4) is 0 Å². The smallest absolute Gasteiger partial charge is 0.326 e. The second-order valence-corrected chi connectivity index (χ2v) is 7.30. The first-order chi connectivity index (χ1) is 11.5. The fourth-order valence-corrected chi connectivity index (χ4v) is 4.25. The summed E-state index contributed by atoms with van der Waals surface area (Å²) in [6.45, 7) is 3.75. The summed E-state index contributed by atoms with van der Waals surface area (Å²) in [6, 6.07) is 0. The summed E-state index contributed by atoms with van der Waals surface area (Å²) >= 11 is 0. The van der Waals surface area contributed by atoms with Gasteiger partial charge in [-0.25, -0.2) is 0 Å². The number of rotatable bonds is 6. The lowest BCUT2D eigenvalue weighted by Crippen LogP contribution is -2.63. The number of methoxy groups -OCH3 is 1. The maximum Gasteiger partial charge on any atom is 0.326 e. The average Bonchev–Trinajstić information content (AvgIpc) is 3.05. The van der Waals surface area contributed by atoms with Gasteiger partial charge in [-0.2, -0.15) is 0 Å². The third kappa shape index (κ3) is 2.93. The number of hydrogen-bond acceptors (Lipinski definition) is 5. The van der Waals surface area contributed by atoms with E-state index < -0.39 is 11.5 Å². The van der Waals surface area contributed by atoms with Crippen LogP contribution in [0.4, 0.5) is 0 Å². The quantitative estimate of drug-likeness (QED) is 0.762. The van der Waals surface area contributed by atoms with Crippen molar-refractivity contribution >= 4 is 11.9 Å². The molecule has 0 radical (unpaired) electrons. The van der Waals surface area contributed by atoms with Crippen LogP contribution in [0.2, 0.25) is 0 Å². The van der Waals surface area contributed by atoms with Crippen molar-refractivity contribution in [2.24, 2.45) is 5.41 Å². The summed E-state index contributed by atoms with van der Waals surface area (Å²) in [5.41, 5.74) is -1.14. The Kier molecular flexibility index (Phi) is 5.13. The zero-order chi connectivity index (χ0) is 17.2. The third-order valence-electron chi connectivity index (χ3n) is 6.12. The van der Waals surface area contributed by atoms with E-state index in [1.807, 2.05) is 9.80 Å². The van der Waals surface area contributed by atoms with Gasteiger partial charge in [-0.3, -0.25) is 14.5 Å². The van der Waals surface area contributed by atoms with Crippen molar-refractivity contribution in [3.05, 3.63) is 0 Å². The Morgan fingerprint density at radius 3 is 2.33 bits per heavy atom. The minimum absolute atomic E-state index is 0.234. The summed E-state index contributed by atoms with van der Waals surface area (Å²) in [7, 11) is 1.67. The molecule has 0 aromatic heterocycles. The second-order valence-electron chi connectivity index (χ2n) is 7.30. The van der Waals surface area contributed by atoms with Crippen LogP contribution in [-0.2, 0) is 19.1 Å². The van der Waals surface area contributed by atoms with Gasteiger partial charge in [0.15, 0.2) is 0 Å². The van der Waals surface area contributed by atoms with Crippen LogP contribution in [0.1, 0.15) is 32.1 Å². The van der Waals surface area contributed by atoms with Gasteiger partial charge < -0.3 is 19.5 Å². The van der Waals surface area contributed by atoms with Gasteiger partial charge in [-0.1, -0.05) is 6.42 Å². The predicted octanol–water partition coefficient (Wildman–Crippen LogP) is 0.581. The first-order valence-corrected chi connectivity index (χ1v) is 8.89. The number of carbonyl (C=O) groups is 2. The lowest BCUT2D eigenvalue weighted by atomic mass is 9.65. The van der Waals surface area contributed by atoms with E-state index in [1.165, 1.54) is 0 Å². The van der Waals surface area contributed by atoms with Gasteiger partial charge in [0.05, 0.1) is 12.0 Å². The highest BCUT2D eigenvalue weighted by Crippen LogP contribution is 2.45. The largest absolute Gasteiger partial charge is 0.480 e. The van der Waals surface area contributed by atoms with E-state index in [-0.39, 0.29) is 17.9 Å². The van der Waals surface area contributed by atoms with Crippen LogP contribution >= 0.6 is 0 Å². The molecule has 1 unspecified atom stereocenters. The van der Waals surface area contributed by atoms with Gasteiger partial charge in [-0.05, 0) is 19.3 Å². The monoisotopic (exact) mass is 340 g/mol. The number of ether oxygens (including phenoxy) is 2. The topological polar surface area (TPSA) is 79.3 Å². The SMILES string of the molecule is COCCC1(C(=O)N2CCN(C3(C(=O)O)CCOC3)CC2)CCC1. The molecule has 136 valence electrons. The van der Waals surface area contributed by atoms with Crippen molar-refractivity contribution in [1.29, 1.82) is 0 Å². The maximum absolute atomic E-state index is 13.0. The van der Waals surface area contributed by atoms with Crippen molar-refractivity contribution < 1.29 is 24.2 Å². The molecule has 0 aromatic rings. The highest BCUT2D eigenvalue weighted by atomic mass is 16.5. The number of carbonyl (C=O) groups excluding carboxylic acids is 1. The highest BCUT2D eigenvalue weighted by Gasteiger charge is 2.50. The molecule has 1 amide bonds. The Balaban J connectivity index is 1.60. The summed E-state index contributed by atoms with van der Waals surface area (Å²) < 4.78 is 10.5.